The van der Waals surface area contributed by atoms with Gasteiger partial charge in [-0.2, -0.15) is 0 Å². The molecule has 2 rings (SSSR count). The summed E-state index contributed by atoms with van der Waals surface area (Å²) in [5, 5.41) is 20.3. The number of aliphatic hydroxyl groups is 2. The number of ketones is 1. The Balaban J connectivity index is 2.00. The summed E-state index contributed by atoms with van der Waals surface area (Å²) in [6.07, 6.45) is -1.67. The van der Waals surface area contributed by atoms with E-state index >= 15 is 0 Å². The fourth-order valence-corrected chi connectivity index (χ4v) is 2.28. The first-order chi connectivity index (χ1) is 10.1. The Labute approximate surface area is 124 Å². The minimum absolute atomic E-state index is 0.00900. The molecule has 0 spiro atoms. The van der Waals surface area contributed by atoms with Crippen molar-refractivity contribution in [2.24, 2.45) is 5.92 Å². The number of carbonyl (C=O) groups is 1. The van der Waals surface area contributed by atoms with Crippen LogP contribution >= 0.6 is 0 Å². The lowest BCUT2D eigenvalue weighted by Gasteiger charge is -2.19. The Bertz CT molecular complexity index is 566. The van der Waals surface area contributed by atoms with Crippen molar-refractivity contribution in [3.63, 3.8) is 0 Å². The molecule has 0 bridgehead atoms. The molecular formula is C18H20O3. The van der Waals surface area contributed by atoms with Gasteiger partial charge in [-0.1, -0.05) is 67.6 Å². The molecule has 0 aliphatic rings. The van der Waals surface area contributed by atoms with Crippen molar-refractivity contribution in [3.05, 3.63) is 71.8 Å². The molecular weight excluding hydrogens is 264 g/mol. The topological polar surface area (TPSA) is 57.5 Å². The highest BCUT2D eigenvalue weighted by atomic mass is 16.3. The molecule has 1 unspecified atom stereocenters. The quantitative estimate of drug-likeness (QED) is 0.857. The third-order valence-electron chi connectivity index (χ3n) is 3.70. The van der Waals surface area contributed by atoms with Crippen molar-refractivity contribution in [1.82, 2.24) is 0 Å². The van der Waals surface area contributed by atoms with Crippen molar-refractivity contribution < 1.29 is 15.0 Å². The van der Waals surface area contributed by atoms with Crippen LogP contribution in [-0.4, -0.2) is 16.0 Å². The average Bonchev–Trinajstić information content (AvgIpc) is 2.55. The number of hydrogen-bond donors (Lipinski definition) is 2. The Morgan fingerprint density at radius 1 is 0.905 bits per heavy atom. The number of hydrogen-bond acceptors (Lipinski definition) is 3. The molecule has 21 heavy (non-hydrogen) atoms. The van der Waals surface area contributed by atoms with E-state index in [0.717, 1.165) is 0 Å². The summed E-state index contributed by atoms with van der Waals surface area (Å²) in [5.41, 5.74) is 1.43. The third kappa shape index (κ3) is 4.00. The van der Waals surface area contributed by atoms with Gasteiger partial charge in [0, 0.05) is 12.3 Å². The van der Waals surface area contributed by atoms with Crippen molar-refractivity contribution in [3.8, 4) is 0 Å². The Morgan fingerprint density at radius 3 is 1.90 bits per heavy atom. The van der Waals surface area contributed by atoms with Crippen LogP contribution in [0.4, 0.5) is 0 Å². The maximum atomic E-state index is 12.2. The predicted octanol–water partition coefficient (Wildman–Crippen LogP) is 3.05. The molecule has 2 aromatic carbocycles. The maximum absolute atomic E-state index is 12.2. The summed E-state index contributed by atoms with van der Waals surface area (Å²) < 4.78 is 0. The molecule has 0 heterocycles. The van der Waals surface area contributed by atoms with Crippen LogP contribution in [0.25, 0.3) is 0 Å². The summed E-state index contributed by atoms with van der Waals surface area (Å²) in [7, 11) is 0. The van der Waals surface area contributed by atoms with Crippen LogP contribution in [0.2, 0.25) is 0 Å². The van der Waals surface area contributed by atoms with E-state index in [4.69, 9.17) is 0 Å². The second-order valence-corrected chi connectivity index (χ2v) is 5.24. The van der Waals surface area contributed by atoms with Crippen molar-refractivity contribution in [2.45, 2.75) is 25.6 Å². The van der Waals surface area contributed by atoms with E-state index < -0.39 is 18.1 Å². The molecule has 0 radical (unpaired) electrons. The molecule has 2 aromatic rings. The molecule has 0 aromatic heterocycles. The first kappa shape index (κ1) is 15.4. The molecule has 0 aliphatic heterocycles. The van der Waals surface area contributed by atoms with E-state index in [0.29, 0.717) is 11.1 Å². The summed E-state index contributed by atoms with van der Waals surface area (Å²) in [6, 6.07) is 18.2. The lowest BCUT2D eigenvalue weighted by atomic mass is 9.90. The molecule has 3 atom stereocenters. The maximum Gasteiger partial charge on any atom is 0.141 e. The van der Waals surface area contributed by atoms with Gasteiger partial charge in [0.1, 0.15) is 5.78 Å². The van der Waals surface area contributed by atoms with Gasteiger partial charge in [0.15, 0.2) is 0 Å². The number of rotatable bonds is 6. The van der Waals surface area contributed by atoms with E-state index in [2.05, 4.69) is 0 Å². The molecule has 3 nitrogen and oxygen atoms in total. The first-order valence-corrected chi connectivity index (χ1v) is 7.08. The molecule has 3 heteroatoms. The standard InChI is InChI=1S/C18H20O3/c1-13(18(21)15-10-6-3-7-11-15)16(19)12-17(20)14-8-4-2-5-9-14/h2-11,13,17-18,20-21H,12H2,1H3/t13?,17-,18-/m0/s1. The van der Waals surface area contributed by atoms with Gasteiger partial charge in [0.2, 0.25) is 0 Å². The smallest absolute Gasteiger partial charge is 0.141 e. The number of benzene rings is 2. The van der Waals surface area contributed by atoms with Crippen LogP contribution in [0.5, 0.6) is 0 Å². The Hall–Kier alpha value is -1.97. The van der Waals surface area contributed by atoms with Gasteiger partial charge < -0.3 is 10.2 Å². The highest BCUT2D eigenvalue weighted by Gasteiger charge is 2.25. The van der Waals surface area contributed by atoms with Gasteiger partial charge >= 0.3 is 0 Å². The second kappa shape index (κ2) is 7.16. The largest absolute Gasteiger partial charge is 0.388 e. The van der Waals surface area contributed by atoms with Gasteiger partial charge in [0.05, 0.1) is 12.2 Å². The van der Waals surface area contributed by atoms with Crippen molar-refractivity contribution in [1.29, 1.82) is 0 Å². The lowest BCUT2D eigenvalue weighted by molar-refractivity contribution is -0.127. The highest BCUT2D eigenvalue weighted by molar-refractivity contribution is 5.82. The molecule has 110 valence electrons. The zero-order valence-electron chi connectivity index (χ0n) is 12.0. The summed E-state index contributed by atoms with van der Waals surface area (Å²) >= 11 is 0. The van der Waals surface area contributed by atoms with Gasteiger partial charge in [0.25, 0.3) is 0 Å². The van der Waals surface area contributed by atoms with Crippen molar-refractivity contribution >= 4 is 5.78 Å². The zero-order valence-corrected chi connectivity index (χ0v) is 12.0. The SMILES string of the molecule is CC(C(=O)C[C@H](O)c1ccccc1)[C@H](O)c1ccccc1. The van der Waals surface area contributed by atoms with Gasteiger partial charge in [-0.3, -0.25) is 4.79 Å². The van der Waals surface area contributed by atoms with Crippen molar-refractivity contribution in [2.75, 3.05) is 0 Å². The number of aliphatic hydroxyl groups excluding tert-OH is 2. The number of Topliss-reactive ketones (excluding diaryl/α,β-unsaturated/α-hetero) is 1. The predicted molar refractivity (Wildman–Crippen MR) is 81.6 cm³/mol. The van der Waals surface area contributed by atoms with E-state index in [1.807, 2.05) is 36.4 Å². The summed E-state index contributed by atoms with van der Waals surface area (Å²) in [6.45, 7) is 1.69. The fraction of sp³-hybridized carbons (Fsp3) is 0.278. The van der Waals surface area contributed by atoms with E-state index in [1.165, 1.54) is 0 Å². The molecule has 0 saturated carbocycles. The average molecular weight is 284 g/mol. The zero-order chi connectivity index (χ0) is 15.2. The molecule has 0 fully saturated rings. The first-order valence-electron chi connectivity index (χ1n) is 7.08. The van der Waals surface area contributed by atoms with Crippen LogP contribution in [0.3, 0.4) is 0 Å². The fourth-order valence-electron chi connectivity index (χ4n) is 2.28. The van der Waals surface area contributed by atoms with Gasteiger partial charge in [-0.25, -0.2) is 0 Å². The minimum atomic E-state index is -0.846. The van der Waals surface area contributed by atoms with E-state index in [9.17, 15) is 15.0 Å². The second-order valence-electron chi connectivity index (χ2n) is 5.24. The van der Waals surface area contributed by atoms with Crippen LogP contribution < -0.4 is 0 Å². The van der Waals surface area contributed by atoms with Gasteiger partial charge in [-0.05, 0) is 11.1 Å². The monoisotopic (exact) mass is 284 g/mol. The van der Waals surface area contributed by atoms with Crippen LogP contribution in [-0.2, 0) is 4.79 Å². The minimum Gasteiger partial charge on any atom is -0.388 e. The van der Waals surface area contributed by atoms with E-state index in [-0.39, 0.29) is 12.2 Å². The third-order valence-corrected chi connectivity index (χ3v) is 3.70. The van der Waals surface area contributed by atoms with Gasteiger partial charge in [-0.15, -0.1) is 0 Å². The van der Waals surface area contributed by atoms with Crippen LogP contribution in [0, 0.1) is 5.92 Å². The molecule has 0 amide bonds. The Kier molecular flexibility index (Phi) is 5.26. The molecule has 0 aliphatic carbocycles. The van der Waals surface area contributed by atoms with Crippen LogP contribution in [0.15, 0.2) is 60.7 Å². The highest BCUT2D eigenvalue weighted by Crippen LogP contribution is 2.26. The number of carbonyl (C=O) groups excluding carboxylic acids is 1. The van der Waals surface area contributed by atoms with Crippen LogP contribution in [0.1, 0.15) is 36.7 Å². The normalized spacial score (nSPS) is 15.2. The summed E-state index contributed by atoms with van der Waals surface area (Å²) in [4.78, 5) is 12.2. The summed E-state index contributed by atoms with van der Waals surface area (Å²) in [5.74, 6) is -0.700. The molecule has 0 saturated heterocycles. The molecule has 2 N–H and O–H groups in total. The Morgan fingerprint density at radius 2 is 1.38 bits per heavy atom. The van der Waals surface area contributed by atoms with E-state index in [1.54, 1.807) is 31.2 Å². The lowest BCUT2D eigenvalue weighted by Crippen LogP contribution is -2.21.